The highest BCUT2D eigenvalue weighted by Gasteiger charge is 2.23. The van der Waals surface area contributed by atoms with Crippen LogP contribution in [0.5, 0.6) is 5.75 Å². The number of hydrogen-bond acceptors (Lipinski definition) is 4. The molecule has 0 radical (unpaired) electrons. The van der Waals surface area contributed by atoms with Crippen LogP contribution in [0.3, 0.4) is 0 Å². The Balaban J connectivity index is 2.14. The summed E-state index contributed by atoms with van der Waals surface area (Å²) >= 11 is 0. The first-order valence-electron chi connectivity index (χ1n) is 9.87. The van der Waals surface area contributed by atoms with Gasteiger partial charge < -0.3 is 10.1 Å². The van der Waals surface area contributed by atoms with Gasteiger partial charge in [0.15, 0.2) is 0 Å². The van der Waals surface area contributed by atoms with E-state index < -0.39 is 10.0 Å². The molecule has 0 unspecified atom stereocenters. The molecule has 0 saturated carbocycles. The Morgan fingerprint density at radius 3 is 2.38 bits per heavy atom. The molecule has 0 aliphatic heterocycles. The number of aryl methyl sites for hydroxylation is 1. The van der Waals surface area contributed by atoms with Gasteiger partial charge in [-0.15, -0.1) is 0 Å². The molecule has 0 fully saturated rings. The molecule has 0 saturated heterocycles. The second kappa shape index (κ2) is 10.4. The molecule has 0 aliphatic carbocycles. The number of amides is 1. The van der Waals surface area contributed by atoms with Gasteiger partial charge in [-0.2, -0.15) is 0 Å². The molecule has 0 bridgehead atoms. The molecule has 1 amide bonds. The van der Waals surface area contributed by atoms with Crippen LogP contribution in [-0.2, 0) is 16.4 Å². The fraction of sp³-hybridized carbons (Fsp3) is 0.409. The van der Waals surface area contributed by atoms with Gasteiger partial charge in [-0.1, -0.05) is 30.3 Å². The van der Waals surface area contributed by atoms with E-state index in [9.17, 15) is 13.2 Å². The van der Waals surface area contributed by atoms with Gasteiger partial charge >= 0.3 is 0 Å². The summed E-state index contributed by atoms with van der Waals surface area (Å²) in [5.74, 6) is -0.0797. The van der Waals surface area contributed by atoms with E-state index in [4.69, 9.17) is 4.74 Å². The Kier molecular flexibility index (Phi) is 8.22. The fourth-order valence-electron chi connectivity index (χ4n) is 2.91. The molecule has 2 aromatic carbocycles. The molecular formula is C22H30N2O4S. The highest BCUT2D eigenvalue weighted by Crippen LogP contribution is 2.25. The summed E-state index contributed by atoms with van der Waals surface area (Å²) in [5.41, 5.74) is 1.49. The number of sulfonamides is 1. The smallest absolute Gasteiger partial charge is 0.251 e. The summed E-state index contributed by atoms with van der Waals surface area (Å²) in [4.78, 5) is 12.6. The molecule has 2 N–H and O–H groups in total. The highest BCUT2D eigenvalue weighted by molar-refractivity contribution is 7.89. The van der Waals surface area contributed by atoms with E-state index in [2.05, 4.69) is 22.2 Å². The van der Waals surface area contributed by atoms with E-state index in [0.717, 1.165) is 12.8 Å². The first-order chi connectivity index (χ1) is 13.7. The first-order valence-corrected chi connectivity index (χ1v) is 11.3. The summed E-state index contributed by atoms with van der Waals surface area (Å²) in [7, 11) is -3.80. The van der Waals surface area contributed by atoms with Crippen molar-refractivity contribution in [3.8, 4) is 5.75 Å². The van der Waals surface area contributed by atoms with Gasteiger partial charge in [0.05, 0.1) is 6.61 Å². The normalized spacial score (nSPS) is 12.6. The summed E-state index contributed by atoms with van der Waals surface area (Å²) in [5, 5.41) is 2.94. The second-order valence-corrected chi connectivity index (χ2v) is 8.95. The molecule has 2 rings (SSSR count). The highest BCUT2D eigenvalue weighted by atomic mass is 32.2. The van der Waals surface area contributed by atoms with Crippen LogP contribution in [0.1, 0.15) is 50.0 Å². The van der Waals surface area contributed by atoms with Crippen molar-refractivity contribution in [3.05, 3.63) is 59.7 Å². The van der Waals surface area contributed by atoms with E-state index in [1.54, 1.807) is 26.8 Å². The Labute approximate surface area is 173 Å². The van der Waals surface area contributed by atoms with Crippen molar-refractivity contribution in [2.45, 2.75) is 57.5 Å². The second-order valence-electron chi connectivity index (χ2n) is 7.27. The third-order valence-electron chi connectivity index (χ3n) is 4.27. The molecule has 0 spiro atoms. The SMILES string of the molecule is CCOc1ccc(C(=O)N[C@@H](C)CCc2ccccc2)cc1S(=O)(=O)NC(C)C. The van der Waals surface area contributed by atoms with Crippen LogP contribution >= 0.6 is 0 Å². The maximum Gasteiger partial charge on any atom is 0.251 e. The van der Waals surface area contributed by atoms with Crippen LogP contribution in [0, 0.1) is 0 Å². The van der Waals surface area contributed by atoms with Gasteiger partial charge in [0.25, 0.3) is 5.91 Å². The molecule has 158 valence electrons. The molecule has 0 heterocycles. The summed E-state index contributed by atoms with van der Waals surface area (Å²) in [6.45, 7) is 7.52. The maximum absolute atomic E-state index is 12.7. The average molecular weight is 419 g/mol. The predicted octanol–water partition coefficient (Wildman–Crippen LogP) is 3.52. The summed E-state index contributed by atoms with van der Waals surface area (Å²) < 4.78 is 33.3. The summed E-state index contributed by atoms with van der Waals surface area (Å²) in [6.07, 6.45) is 1.64. The van der Waals surface area contributed by atoms with E-state index in [-0.39, 0.29) is 34.2 Å². The van der Waals surface area contributed by atoms with Gasteiger partial charge in [-0.05, 0) is 64.3 Å². The number of benzene rings is 2. The Morgan fingerprint density at radius 2 is 1.76 bits per heavy atom. The molecule has 6 nitrogen and oxygen atoms in total. The molecule has 29 heavy (non-hydrogen) atoms. The van der Waals surface area contributed by atoms with Crippen molar-refractivity contribution >= 4 is 15.9 Å². The van der Waals surface area contributed by atoms with E-state index in [1.165, 1.54) is 17.7 Å². The monoisotopic (exact) mass is 418 g/mol. The third kappa shape index (κ3) is 6.87. The van der Waals surface area contributed by atoms with Crippen LogP contribution in [-0.4, -0.2) is 33.0 Å². The minimum Gasteiger partial charge on any atom is -0.492 e. The Hall–Kier alpha value is -2.38. The van der Waals surface area contributed by atoms with Crippen LogP contribution in [0.25, 0.3) is 0 Å². The number of carbonyl (C=O) groups excluding carboxylic acids is 1. The summed E-state index contributed by atoms with van der Waals surface area (Å²) in [6, 6.07) is 14.2. The molecule has 0 aliphatic rings. The zero-order chi connectivity index (χ0) is 21.4. The van der Waals surface area contributed by atoms with Crippen molar-refractivity contribution in [1.82, 2.24) is 10.0 Å². The van der Waals surface area contributed by atoms with Gasteiger partial charge in [0.2, 0.25) is 10.0 Å². The lowest BCUT2D eigenvalue weighted by atomic mass is 10.1. The van der Waals surface area contributed by atoms with Crippen molar-refractivity contribution in [2.24, 2.45) is 0 Å². The lowest BCUT2D eigenvalue weighted by Crippen LogP contribution is -2.33. The fourth-order valence-corrected chi connectivity index (χ4v) is 4.34. The zero-order valence-electron chi connectivity index (χ0n) is 17.4. The number of carbonyl (C=O) groups is 1. The van der Waals surface area contributed by atoms with Gasteiger partial charge in [-0.3, -0.25) is 4.79 Å². The Morgan fingerprint density at radius 1 is 1.07 bits per heavy atom. The van der Waals surface area contributed by atoms with Gasteiger partial charge in [0, 0.05) is 17.6 Å². The standard InChI is InChI=1S/C22H30N2O4S/c1-5-28-20-14-13-19(15-21(20)29(26,27)24-16(2)3)22(25)23-17(4)11-12-18-9-7-6-8-10-18/h6-10,13-17,24H,5,11-12H2,1-4H3,(H,23,25)/t17-/m0/s1. The molecular weight excluding hydrogens is 388 g/mol. The van der Waals surface area contributed by atoms with Crippen molar-refractivity contribution in [1.29, 1.82) is 0 Å². The number of hydrogen-bond donors (Lipinski definition) is 2. The van der Waals surface area contributed by atoms with Gasteiger partial charge in [-0.25, -0.2) is 13.1 Å². The minimum atomic E-state index is -3.80. The molecule has 2 aromatic rings. The third-order valence-corrected chi connectivity index (χ3v) is 5.95. The first kappa shape index (κ1) is 22.9. The number of ether oxygens (including phenoxy) is 1. The van der Waals surface area contributed by atoms with Crippen LogP contribution in [0.4, 0.5) is 0 Å². The lowest BCUT2D eigenvalue weighted by molar-refractivity contribution is 0.0938. The quantitative estimate of drug-likeness (QED) is 0.618. The maximum atomic E-state index is 12.7. The minimum absolute atomic E-state index is 0.0300. The largest absolute Gasteiger partial charge is 0.492 e. The van der Waals surface area contributed by atoms with Crippen molar-refractivity contribution in [2.75, 3.05) is 6.61 Å². The van der Waals surface area contributed by atoms with Crippen LogP contribution in [0.2, 0.25) is 0 Å². The van der Waals surface area contributed by atoms with Crippen LogP contribution < -0.4 is 14.8 Å². The van der Waals surface area contributed by atoms with E-state index >= 15 is 0 Å². The molecule has 1 atom stereocenters. The van der Waals surface area contributed by atoms with E-state index in [0.29, 0.717) is 6.61 Å². The lowest BCUT2D eigenvalue weighted by Gasteiger charge is -2.17. The number of rotatable bonds is 10. The Bertz CT molecular complexity index is 912. The van der Waals surface area contributed by atoms with Crippen molar-refractivity contribution < 1.29 is 17.9 Å². The molecule has 0 aromatic heterocycles. The van der Waals surface area contributed by atoms with Gasteiger partial charge in [0.1, 0.15) is 10.6 Å². The molecule has 7 heteroatoms. The number of nitrogens with one attached hydrogen (secondary N) is 2. The zero-order valence-corrected chi connectivity index (χ0v) is 18.3. The van der Waals surface area contributed by atoms with Crippen LogP contribution in [0.15, 0.2) is 53.4 Å². The topological polar surface area (TPSA) is 84.5 Å². The predicted molar refractivity (Wildman–Crippen MR) is 115 cm³/mol. The average Bonchev–Trinajstić information content (AvgIpc) is 2.66. The van der Waals surface area contributed by atoms with E-state index in [1.807, 2.05) is 25.1 Å². The van der Waals surface area contributed by atoms with Crippen molar-refractivity contribution in [3.63, 3.8) is 0 Å².